The predicted octanol–water partition coefficient (Wildman–Crippen LogP) is 2.65. The molecule has 0 saturated carbocycles. The Kier molecular flexibility index (Phi) is 10.3. The van der Waals surface area contributed by atoms with Crippen molar-refractivity contribution in [2.45, 2.75) is 25.7 Å². The lowest BCUT2D eigenvalue weighted by Gasteiger charge is -2.06. The summed E-state index contributed by atoms with van der Waals surface area (Å²) in [6.07, 6.45) is 4.74. The molecule has 3 heteroatoms. The van der Waals surface area contributed by atoms with Gasteiger partial charge in [0.1, 0.15) is 0 Å². The van der Waals surface area contributed by atoms with Gasteiger partial charge in [0, 0.05) is 13.7 Å². The van der Waals surface area contributed by atoms with Gasteiger partial charge < -0.3 is 14.8 Å². The zero-order chi connectivity index (χ0) is 13.6. The van der Waals surface area contributed by atoms with Crippen molar-refractivity contribution in [1.82, 2.24) is 5.32 Å². The van der Waals surface area contributed by atoms with E-state index in [1.807, 2.05) is 0 Å². The van der Waals surface area contributed by atoms with E-state index in [2.05, 4.69) is 35.6 Å². The smallest absolute Gasteiger partial charge is 0.0700 e. The van der Waals surface area contributed by atoms with E-state index in [-0.39, 0.29) is 0 Å². The van der Waals surface area contributed by atoms with Crippen LogP contribution in [-0.2, 0) is 15.9 Å². The van der Waals surface area contributed by atoms with Crippen molar-refractivity contribution in [3.05, 3.63) is 35.9 Å². The summed E-state index contributed by atoms with van der Waals surface area (Å²) in [5.41, 5.74) is 1.44. The van der Waals surface area contributed by atoms with Crippen LogP contribution >= 0.6 is 0 Å². The van der Waals surface area contributed by atoms with Crippen molar-refractivity contribution in [2.75, 3.05) is 40.0 Å². The minimum Gasteiger partial charge on any atom is -0.382 e. The fourth-order valence-electron chi connectivity index (χ4n) is 1.89. The van der Waals surface area contributed by atoms with Crippen LogP contribution in [0.3, 0.4) is 0 Å². The fourth-order valence-corrected chi connectivity index (χ4v) is 1.89. The highest BCUT2D eigenvalue weighted by Gasteiger charge is 1.93. The number of rotatable bonds is 12. The summed E-state index contributed by atoms with van der Waals surface area (Å²) in [7, 11) is 1.69. The Labute approximate surface area is 117 Å². The minimum absolute atomic E-state index is 0.687. The van der Waals surface area contributed by atoms with Crippen LogP contribution < -0.4 is 5.32 Å². The van der Waals surface area contributed by atoms with Gasteiger partial charge in [-0.2, -0.15) is 0 Å². The molecule has 0 aliphatic carbocycles. The number of nitrogens with one attached hydrogen (secondary N) is 1. The molecule has 3 nitrogen and oxygen atoms in total. The lowest BCUT2D eigenvalue weighted by atomic mass is 10.1. The molecule has 1 aromatic carbocycles. The summed E-state index contributed by atoms with van der Waals surface area (Å²) < 4.78 is 10.3. The highest BCUT2D eigenvalue weighted by atomic mass is 16.5. The highest BCUT2D eigenvalue weighted by Crippen LogP contribution is 2.03. The van der Waals surface area contributed by atoms with Crippen molar-refractivity contribution < 1.29 is 9.47 Å². The Bertz CT molecular complexity index is 290. The van der Waals surface area contributed by atoms with Gasteiger partial charge in [-0.15, -0.1) is 0 Å². The maximum atomic E-state index is 5.39. The molecule has 0 aliphatic heterocycles. The zero-order valence-electron chi connectivity index (χ0n) is 12.1. The third kappa shape index (κ3) is 9.65. The first kappa shape index (κ1) is 16.2. The van der Waals surface area contributed by atoms with E-state index in [1.54, 1.807) is 7.11 Å². The van der Waals surface area contributed by atoms with Gasteiger partial charge in [0.2, 0.25) is 0 Å². The molecule has 0 saturated heterocycles. The van der Waals surface area contributed by atoms with Crippen LogP contribution in [0.4, 0.5) is 0 Å². The first-order valence-corrected chi connectivity index (χ1v) is 7.25. The molecule has 19 heavy (non-hydrogen) atoms. The Morgan fingerprint density at radius 3 is 2.47 bits per heavy atom. The summed E-state index contributed by atoms with van der Waals surface area (Å²) in [5.74, 6) is 0. The lowest BCUT2D eigenvalue weighted by molar-refractivity contribution is 0.0695. The summed E-state index contributed by atoms with van der Waals surface area (Å²) in [6.45, 7) is 4.35. The van der Waals surface area contributed by atoms with Gasteiger partial charge in [-0.3, -0.25) is 0 Å². The Balaban J connectivity index is 1.79. The molecule has 0 bridgehead atoms. The van der Waals surface area contributed by atoms with E-state index < -0.39 is 0 Å². The molecule has 0 fully saturated rings. The molecular weight excluding hydrogens is 238 g/mol. The van der Waals surface area contributed by atoms with Crippen molar-refractivity contribution in [2.24, 2.45) is 0 Å². The standard InChI is InChI=1S/C16H27NO2/c1-18-14-15-19-13-7-12-17-11-6-5-10-16-8-3-2-4-9-16/h2-4,8-9,17H,5-7,10-15H2,1H3. The van der Waals surface area contributed by atoms with Crippen LogP contribution in [0.5, 0.6) is 0 Å². The van der Waals surface area contributed by atoms with Crippen molar-refractivity contribution in [1.29, 1.82) is 0 Å². The number of aryl methyl sites for hydroxylation is 1. The SMILES string of the molecule is COCCOCCCNCCCCc1ccccc1. The molecule has 0 radical (unpaired) electrons. The van der Waals surface area contributed by atoms with Gasteiger partial charge in [0.25, 0.3) is 0 Å². The van der Waals surface area contributed by atoms with E-state index in [0.29, 0.717) is 13.2 Å². The van der Waals surface area contributed by atoms with Crippen LogP contribution in [0.25, 0.3) is 0 Å². The maximum absolute atomic E-state index is 5.39. The van der Waals surface area contributed by atoms with Gasteiger partial charge in [-0.1, -0.05) is 30.3 Å². The molecule has 0 heterocycles. The summed E-state index contributed by atoms with van der Waals surface area (Å²) in [5, 5.41) is 3.45. The third-order valence-electron chi connectivity index (χ3n) is 2.99. The number of ether oxygens (including phenoxy) is 2. The van der Waals surface area contributed by atoms with E-state index in [0.717, 1.165) is 26.1 Å². The van der Waals surface area contributed by atoms with Gasteiger partial charge >= 0.3 is 0 Å². The second-order valence-electron chi connectivity index (χ2n) is 4.65. The molecule has 0 atom stereocenters. The first-order chi connectivity index (χ1) is 9.43. The molecule has 1 aromatic rings. The van der Waals surface area contributed by atoms with Gasteiger partial charge in [-0.25, -0.2) is 0 Å². The Hall–Kier alpha value is -0.900. The van der Waals surface area contributed by atoms with E-state index >= 15 is 0 Å². The van der Waals surface area contributed by atoms with Crippen molar-refractivity contribution >= 4 is 0 Å². The molecule has 0 amide bonds. The van der Waals surface area contributed by atoms with Crippen molar-refractivity contribution in [3.8, 4) is 0 Å². The first-order valence-electron chi connectivity index (χ1n) is 7.25. The Morgan fingerprint density at radius 2 is 1.68 bits per heavy atom. The topological polar surface area (TPSA) is 30.5 Å². The average molecular weight is 265 g/mol. The highest BCUT2D eigenvalue weighted by molar-refractivity contribution is 5.14. The van der Waals surface area contributed by atoms with Crippen molar-refractivity contribution in [3.63, 3.8) is 0 Å². The van der Waals surface area contributed by atoms with Gasteiger partial charge in [-0.05, 0) is 44.3 Å². The Morgan fingerprint density at radius 1 is 0.895 bits per heavy atom. The normalized spacial score (nSPS) is 10.8. The molecule has 0 spiro atoms. The molecule has 108 valence electrons. The summed E-state index contributed by atoms with van der Waals surface area (Å²) in [4.78, 5) is 0. The van der Waals surface area contributed by atoms with Crippen LogP contribution in [0.15, 0.2) is 30.3 Å². The van der Waals surface area contributed by atoms with E-state index in [4.69, 9.17) is 9.47 Å². The predicted molar refractivity (Wildman–Crippen MR) is 79.6 cm³/mol. The lowest BCUT2D eigenvalue weighted by Crippen LogP contribution is -2.18. The summed E-state index contributed by atoms with van der Waals surface area (Å²) >= 11 is 0. The van der Waals surface area contributed by atoms with E-state index in [1.165, 1.54) is 24.8 Å². The molecular formula is C16H27NO2. The van der Waals surface area contributed by atoms with E-state index in [9.17, 15) is 0 Å². The molecule has 0 aliphatic rings. The summed E-state index contributed by atoms with van der Waals surface area (Å²) in [6, 6.07) is 10.7. The minimum atomic E-state index is 0.687. The number of hydrogen-bond acceptors (Lipinski definition) is 3. The second-order valence-corrected chi connectivity index (χ2v) is 4.65. The van der Waals surface area contributed by atoms with Gasteiger partial charge in [0.05, 0.1) is 13.2 Å². The zero-order valence-corrected chi connectivity index (χ0v) is 12.1. The number of unbranched alkanes of at least 4 members (excludes halogenated alkanes) is 1. The third-order valence-corrected chi connectivity index (χ3v) is 2.99. The molecule has 1 N–H and O–H groups in total. The van der Waals surface area contributed by atoms with Crippen LogP contribution in [0.2, 0.25) is 0 Å². The molecule has 1 rings (SSSR count). The fraction of sp³-hybridized carbons (Fsp3) is 0.625. The number of methoxy groups -OCH3 is 1. The molecule has 0 aromatic heterocycles. The van der Waals surface area contributed by atoms with Crippen LogP contribution in [0, 0.1) is 0 Å². The maximum Gasteiger partial charge on any atom is 0.0700 e. The second kappa shape index (κ2) is 12.2. The van der Waals surface area contributed by atoms with Gasteiger partial charge in [0.15, 0.2) is 0 Å². The number of hydrogen-bond donors (Lipinski definition) is 1. The van der Waals surface area contributed by atoms with Crippen LogP contribution in [0.1, 0.15) is 24.8 Å². The van der Waals surface area contributed by atoms with Crippen LogP contribution in [-0.4, -0.2) is 40.0 Å². The largest absolute Gasteiger partial charge is 0.382 e. The monoisotopic (exact) mass is 265 g/mol. The number of benzene rings is 1. The average Bonchev–Trinajstić information content (AvgIpc) is 2.46. The quantitative estimate of drug-likeness (QED) is 0.589. The molecule has 0 unspecified atom stereocenters.